The van der Waals surface area contributed by atoms with Crippen LogP contribution in [0.25, 0.3) is 5.82 Å². The Morgan fingerprint density at radius 3 is 2.56 bits per heavy atom. The van der Waals surface area contributed by atoms with Crippen LogP contribution in [-0.2, 0) is 0 Å². The van der Waals surface area contributed by atoms with Crippen LogP contribution in [0.3, 0.4) is 0 Å². The van der Waals surface area contributed by atoms with E-state index >= 15 is 0 Å². The average Bonchev–Trinajstić information content (AvgIpc) is 3.42. The number of benzene rings is 2. The first-order valence-corrected chi connectivity index (χ1v) is 13.3. The van der Waals surface area contributed by atoms with Gasteiger partial charge in [0.1, 0.15) is 18.0 Å². The van der Waals surface area contributed by atoms with Gasteiger partial charge in [-0.3, -0.25) is 4.79 Å². The molecule has 1 amide bonds. The number of amides is 1. The number of anilines is 5. The monoisotopic (exact) mass is 525 g/mol. The summed E-state index contributed by atoms with van der Waals surface area (Å²) >= 11 is 0. The van der Waals surface area contributed by atoms with Crippen LogP contribution in [0.2, 0.25) is 0 Å². The molecule has 202 valence electrons. The first kappa shape index (κ1) is 26.2. The first-order valence-electron chi connectivity index (χ1n) is 13.3. The number of aryl methyl sites for hydroxylation is 2. The van der Waals surface area contributed by atoms with Crippen molar-refractivity contribution in [1.29, 1.82) is 0 Å². The van der Waals surface area contributed by atoms with Crippen molar-refractivity contribution < 1.29 is 4.79 Å². The SMILES string of the molecule is CCN1CCN(c2cc(C)cc(C(=O)Nc3ccc(C)c(Nc4ccnn4-c4cc(NC)ncn4)c3)c2)CC1. The van der Waals surface area contributed by atoms with Gasteiger partial charge in [0.25, 0.3) is 5.91 Å². The zero-order chi connectivity index (χ0) is 27.4. The lowest BCUT2D eigenvalue weighted by Crippen LogP contribution is -2.46. The minimum Gasteiger partial charge on any atom is -0.373 e. The lowest BCUT2D eigenvalue weighted by atomic mass is 10.1. The molecule has 0 spiro atoms. The standard InChI is InChI=1S/C29H35N9O/c1-5-36-10-12-37(13-11-36)24-15-20(2)14-22(16-24)29(39)34-23-7-6-21(3)25(17-23)35-27-8-9-33-38(27)28-18-26(30-4)31-19-32-28/h6-9,14-19,35H,5,10-13H2,1-4H3,(H,34,39)(H,30,31,32). The number of carbonyl (C=O) groups is 1. The second-order valence-corrected chi connectivity index (χ2v) is 9.73. The molecule has 0 aliphatic carbocycles. The van der Waals surface area contributed by atoms with Crippen LogP contribution < -0.4 is 20.9 Å². The van der Waals surface area contributed by atoms with E-state index in [1.807, 2.05) is 63.4 Å². The summed E-state index contributed by atoms with van der Waals surface area (Å²) in [6, 6.07) is 15.6. The number of carbonyl (C=O) groups excluding carboxylic acids is 1. The number of piperazine rings is 1. The van der Waals surface area contributed by atoms with Crippen molar-refractivity contribution in [2.75, 3.05) is 60.6 Å². The zero-order valence-corrected chi connectivity index (χ0v) is 22.9. The maximum atomic E-state index is 13.3. The molecule has 0 radical (unpaired) electrons. The molecule has 10 heteroatoms. The van der Waals surface area contributed by atoms with Gasteiger partial charge in [-0.05, 0) is 61.9 Å². The molecule has 1 aliphatic heterocycles. The van der Waals surface area contributed by atoms with E-state index in [-0.39, 0.29) is 5.91 Å². The number of hydrogen-bond acceptors (Lipinski definition) is 8. The van der Waals surface area contributed by atoms with Gasteiger partial charge in [0.2, 0.25) is 0 Å². The summed E-state index contributed by atoms with van der Waals surface area (Å²) in [6.07, 6.45) is 3.21. The Labute approximate surface area is 229 Å². The number of nitrogens with zero attached hydrogens (tertiary/aromatic N) is 6. The van der Waals surface area contributed by atoms with Crippen LogP contribution in [-0.4, -0.2) is 70.3 Å². The fourth-order valence-corrected chi connectivity index (χ4v) is 4.75. The second-order valence-electron chi connectivity index (χ2n) is 9.73. The Morgan fingerprint density at radius 1 is 0.974 bits per heavy atom. The highest BCUT2D eigenvalue weighted by atomic mass is 16.1. The van der Waals surface area contributed by atoms with Gasteiger partial charge < -0.3 is 25.8 Å². The normalized spacial score (nSPS) is 13.8. The van der Waals surface area contributed by atoms with Crippen molar-refractivity contribution in [3.8, 4) is 5.82 Å². The molecule has 2 aromatic heterocycles. The van der Waals surface area contributed by atoms with Gasteiger partial charge >= 0.3 is 0 Å². The van der Waals surface area contributed by atoms with Crippen molar-refractivity contribution in [2.24, 2.45) is 0 Å². The van der Waals surface area contributed by atoms with Crippen LogP contribution in [0.1, 0.15) is 28.4 Å². The first-order chi connectivity index (χ1) is 18.9. The number of hydrogen-bond donors (Lipinski definition) is 3. The maximum absolute atomic E-state index is 13.3. The molecule has 0 saturated carbocycles. The number of nitrogens with one attached hydrogen (secondary N) is 3. The molecule has 0 bridgehead atoms. The highest BCUT2D eigenvalue weighted by molar-refractivity contribution is 6.05. The molecule has 39 heavy (non-hydrogen) atoms. The molecule has 3 heterocycles. The molecule has 10 nitrogen and oxygen atoms in total. The van der Waals surface area contributed by atoms with Crippen molar-refractivity contribution >= 4 is 34.6 Å². The highest BCUT2D eigenvalue weighted by Crippen LogP contribution is 2.27. The highest BCUT2D eigenvalue weighted by Gasteiger charge is 2.18. The molecule has 5 rings (SSSR count). The van der Waals surface area contributed by atoms with Gasteiger partial charge in [0.15, 0.2) is 5.82 Å². The molecule has 4 aromatic rings. The van der Waals surface area contributed by atoms with Crippen molar-refractivity contribution in [2.45, 2.75) is 20.8 Å². The predicted molar refractivity (Wildman–Crippen MR) is 157 cm³/mol. The zero-order valence-electron chi connectivity index (χ0n) is 22.9. The Balaban J connectivity index is 1.33. The van der Waals surface area contributed by atoms with Gasteiger partial charge in [0, 0.05) is 68.0 Å². The fraction of sp³-hybridized carbons (Fsp3) is 0.310. The summed E-state index contributed by atoms with van der Waals surface area (Å²) in [5.41, 5.74) is 5.42. The van der Waals surface area contributed by atoms with Crippen LogP contribution in [0.5, 0.6) is 0 Å². The Morgan fingerprint density at radius 2 is 1.79 bits per heavy atom. The third-order valence-electron chi connectivity index (χ3n) is 7.04. The lowest BCUT2D eigenvalue weighted by Gasteiger charge is -2.35. The molecular weight excluding hydrogens is 490 g/mol. The van der Waals surface area contributed by atoms with Gasteiger partial charge in [0.05, 0.1) is 6.20 Å². The fourth-order valence-electron chi connectivity index (χ4n) is 4.75. The van der Waals surface area contributed by atoms with E-state index in [4.69, 9.17) is 0 Å². The van der Waals surface area contributed by atoms with Gasteiger partial charge in [-0.2, -0.15) is 9.78 Å². The second kappa shape index (κ2) is 11.5. The third kappa shape index (κ3) is 6.01. The summed E-state index contributed by atoms with van der Waals surface area (Å²) in [5.74, 6) is 1.95. The lowest BCUT2D eigenvalue weighted by molar-refractivity contribution is 0.102. The molecular formula is C29H35N9O. The summed E-state index contributed by atoms with van der Waals surface area (Å²) in [4.78, 5) is 26.7. The van der Waals surface area contributed by atoms with Gasteiger partial charge in [-0.25, -0.2) is 9.97 Å². The van der Waals surface area contributed by atoms with E-state index in [1.165, 1.54) is 6.33 Å². The predicted octanol–water partition coefficient (Wildman–Crippen LogP) is 4.46. The van der Waals surface area contributed by atoms with Crippen molar-refractivity contribution in [3.63, 3.8) is 0 Å². The van der Waals surface area contributed by atoms with E-state index < -0.39 is 0 Å². The van der Waals surface area contributed by atoms with E-state index in [2.05, 4.69) is 53.8 Å². The van der Waals surface area contributed by atoms with Crippen LogP contribution >= 0.6 is 0 Å². The van der Waals surface area contributed by atoms with E-state index in [0.717, 1.165) is 61.0 Å². The summed E-state index contributed by atoms with van der Waals surface area (Å²) < 4.78 is 1.71. The summed E-state index contributed by atoms with van der Waals surface area (Å²) in [5, 5.41) is 14.0. The molecule has 1 fully saturated rings. The van der Waals surface area contributed by atoms with Gasteiger partial charge in [-0.15, -0.1) is 0 Å². The van der Waals surface area contributed by atoms with Crippen LogP contribution in [0.4, 0.5) is 28.7 Å². The smallest absolute Gasteiger partial charge is 0.255 e. The van der Waals surface area contributed by atoms with Crippen molar-refractivity contribution in [1.82, 2.24) is 24.6 Å². The topological polar surface area (TPSA) is 103 Å². The molecule has 1 saturated heterocycles. The van der Waals surface area contributed by atoms with Gasteiger partial charge in [-0.1, -0.05) is 13.0 Å². The Bertz CT molecular complexity index is 1460. The summed E-state index contributed by atoms with van der Waals surface area (Å²) in [7, 11) is 1.81. The molecule has 0 unspecified atom stereocenters. The van der Waals surface area contributed by atoms with Crippen LogP contribution in [0, 0.1) is 13.8 Å². The number of rotatable bonds is 8. The van der Waals surface area contributed by atoms with Crippen molar-refractivity contribution in [3.05, 3.63) is 77.7 Å². The Kier molecular flexibility index (Phi) is 7.74. The van der Waals surface area contributed by atoms with E-state index in [9.17, 15) is 4.79 Å². The third-order valence-corrected chi connectivity index (χ3v) is 7.04. The molecule has 3 N–H and O–H groups in total. The molecule has 2 aromatic carbocycles. The summed E-state index contributed by atoms with van der Waals surface area (Å²) in [6.45, 7) is 11.3. The Hall–Kier alpha value is -4.44. The number of aromatic nitrogens is 4. The van der Waals surface area contributed by atoms with Crippen LogP contribution in [0.15, 0.2) is 61.1 Å². The largest absolute Gasteiger partial charge is 0.373 e. The minimum atomic E-state index is -0.132. The molecule has 0 atom stereocenters. The average molecular weight is 526 g/mol. The van der Waals surface area contributed by atoms with E-state index in [0.29, 0.717) is 22.9 Å². The maximum Gasteiger partial charge on any atom is 0.255 e. The van der Waals surface area contributed by atoms with E-state index in [1.54, 1.807) is 10.9 Å². The minimum absolute atomic E-state index is 0.132. The molecule has 1 aliphatic rings. The quantitative estimate of drug-likeness (QED) is 0.310. The number of likely N-dealkylation sites (N-methyl/N-ethyl adjacent to an activating group) is 1.